The van der Waals surface area contributed by atoms with Crippen molar-refractivity contribution < 1.29 is 4.74 Å². The lowest BCUT2D eigenvalue weighted by atomic mass is 10.2. The highest BCUT2D eigenvalue weighted by Crippen LogP contribution is 2.16. The van der Waals surface area contributed by atoms with Crippen LogP contribution in [-0.2, 0) is 4.74 Å². The maximum atomic E-state index is 5.66. The number of hydrogen-bond acceptors (Lipinski definition) is 3. The summed E-state index contributed by atoms with van der Waals surface area (Å²) in [4.78, 5) is 2.44. The molecule has 0 aromatic carbocycles. The Morgan fingerprint density at radius 1 is 1.67 bits per heavy atom. The largest absolute Gasteiger partial charge is 0.380 e. The summed E-state index contributed by atoms with van der Waals surface area (Å²) in [6.07, 6.45) is 2.88. The molecule has 0 aliphatic carbocycles. The Hall–Kier alpha value is -0.120. The molecule has 1 unspecified atom stereocenters. The quantitative estimate of drug-likeness (QED) is 0.669. The molecule has 0 aromatic rings. The van der Waals surface area contributed by atoms with E-state index >= 15 is 0 Å². The highest BCUT2D eigenvalue weighted by molar-refractivity contribution is 4.80. The molecule has 1 aliphatic heterocycles. The summed E-state index contributed by atoms with van der Waals surface area (Å²) in [5.74, 6) is 0. The Balaban J connectivity index is 2.30. The number of rotatable bonds is 4. The number of ether oxygens (including phenoxy) is 1. The molecule has 0 bridgehead atoms. The lowest BCUT2D eigenvalue weighted by molar-refractivity contribution is 0.0736. The van der Waals surface area contributed by atoms with Crippen LogP contribution in [0.4, 0.5) is 0 Å². The molecule has 0 aromatic heterocycles. The monoisotopic (exact) mass is 172 g/mol. The molecular weight excluding hydrogens is 152 g/mol. The van der Waals surface area contributed by atoms with Crippen LogP contribution in [0.5, 0.6) is 0 Å². The predicted molar refractivity (Wildman–Crippen MR) is 50.1 cm³/mol. The minimum absolute atomic E-state index is 0.331. The Bertz CT molecular complexity index is 130. The summed E-state index contributed by atoms with van der Waals surface area (Å²) in [7, 11) is 1.76. The van der Waals surface area contributed by atoms with Crippen LogP contribution in [0.15, 0.2) is 0 Å². The van der Waals surface area contributed by atoms with Crippen LogP contribution < -0.4 is 5.73 Å². The maximum Gasteiger partial charge on any atom is 0.0670 e. The highest BCUT2D eigenvalue weighted by Gasteiger charge is 2.23. The topological polar surface area (TPSA) is 38.5 Å². The molecule has 2 atom stereocenters. The number of nitrogens with zero attached hydrogens (tertiary/aromatic N) is 1. The summed E-state index contributed by atoms with van der Waals surface area (Å²) in [5, 5.41) is 0. The van der Waals surface area contributed by atoms with Gasteiger partial charge in [-0.25, -0.2) is 0 Å². The van der Waals surface area contributed by atoms with Crippen LogP contribution in [-0.4, -0.2) is 43.8 Å². The third-order valence-electron chi connectivity index (χ3n) is 2.67. The van der Waals surface area contributed by atoms with Crippen LogP contribution >= 0.6 is 0 Å². The summed E-state index contributed by atoms with van der Waals surface area (Å²) in [5.41, 5.74) is 5.66. The summed E-state index contributed by atoms with van der Waals surface area (Å²) < 4.78 is 5.22. The van der Waals surface area contributed by atoms with E-state index in [4.69, 9.17) is 10.5 Å². The summed E-state index contributed by atoms with van der Waals surface area (Å²) >= 11 is 0. The zero-order valence-electron chi connectivity index (χ0n) is 8.12. The van der Waals surface area contributed by atoms with E-state index in [1.807, 2.05) is 0 Å². The molecule has 1 rings (SSSR count). The lowest BCUT2D eigenvalue weighted by Crippen LogP contribution is -2.39. The van der Waals surface area contributed by atoms with Crippen molar-refractivity contribution in [1.29, 1.82) is 0 Å². The molecule has 2 N–H and O–H groups in total. The standard InChI is InChI=1S/C9H20N2O/c1-8(12-2)7-11-5-3-4-9(11)6-10/h8-9H,3-7,10H2,1-2H3/t8?,9-/m1/s1. The predicted octanol–water partition coefficient (Wildman–Crippen LogP) is 0.444. The second-order valence-electron chi connectivity index (χ2n) is 3.57. The zero-order valence-corrected chi connectivity index (χ0v) is 8.12. The van der Waals surface area contributed by atoms with Crippen molar-refractivity contribution in [1.82, 2.24) is 4.90 Å². The van der Waals surface area contributed by atoms with Crippen LogP contribution in [0.2, 0.25) is 0 Å². The van der Waals surface area contributed by atoms with Gasteiger partial charge in [0, 0.05) is 26.2 Å². The number of methoxy groups -OCH3 is 1. The van der Waals surface area contributed by atoms with Crippen molar-refractivity contribution in [2.24, 2.45) is 5.73 Å². The second kappa shape index (κ2) is 4.80. The van der Waals surface area contributed by atoms with Crippen LogP contribution in [0.25, 0.3) is 0 Å². The number of nitrogens with two attached hydrogens (primary N) is 1. The minimum Gasteiger partial charge on any atom is -0.380 e. The first-order chi connectivity index (χ1) is 5.77. The molecule has 0 spiro atoms. The van der Waals surface area contributed by atoms with Gasteiger partial charge in [0.25, 0.3) is 0 Å². The number of hydrogen-bond donors (Lipinski definition) is 1. The molecule has 1 aliphatic rings. The highest BCUT2D eigenvalue weighted by atomic mass is 16.5. The average Bonchev–Trinajstić information content (AvgIpc) is 2.51. The van der Waals surface area contributed by atoms with Gasteiger partial charge in [0.15, 0.2) is 0 Å². The van der Waals surface area contributed by atoms with E-state index in [0.29, 0.717) is 12.1 Å². The second-order valence-corrected chi connectivity index (χ2v) is 3.57. The minimum atomic E-state index is 0.331. The molecule has 1 saturated heterocycles. The Morgan fingerprint density at radius 2 is 2.42 bits per heavy atom. The zero-order chi connectivity index (χ0) is 8.97. The van der Waals surface area contributed by atoms with E-state index in [1.54, 1.807) is 7.11 Å². The molecule has 1 fully saturated rings. The van der Waals surface area contributed by atoms with Gasteiger partial charge in [0.05, 0.1) is 6.10 Å². The fraction of sp³-hybridized carbons (Fsp3) is 1.00. The first kappa shape index (κ1) is 9.96. The average molecular weight is 172 g/mol. The van der Waals surface area contributed by atoms with Crippen molar-refractivity contribution in [3.8, 4) is 0 Å². The van der Waals surface area contributed by atoms with E-state index in [2.05, 4.69) is 11.8 Å². The molecule has 0 radical (unpaired) electrons. The molecule has 0 amide bonds. The summed E-state index contributed by atoms with van der Waals surface area (Å²) in [6, 6.07) is 0.600. The molecular formula is C9H20N2O. The van der Waals surface area contributed by atoms with Gasteiger partial charge in [0.1, 0.15) is 0 Å². The third kappa shape index (κ3) is 2.44. The van der Waals surface area contributed by atoms with Gasteiger partial charge >= 0.3 is 0 Å². The SMILES string of the molecule is COC(C)CN1CCC[C@@H]1CN. The Labute approximate surface area is 74.9 Å². The molecule has 3 heteroatoms. The fourth-order valence-electron chi connectivity index (χ4n) is 1.81. The van der Waals surface area contributed by atoms with E-state index in [1.165, 1.54) is 19.4 Å². The van der Waals surface area contributed by atoms with Crippen LogP contribution in [0, 0.1) is 0 Å². The van der Waals surface area contributed by atoms with Gasteiger partial charge < -0.3 is 10.5 Å². The molecule has 12 heavy (non-hydrogen) atoms. The van der Waals surface area contributed by atoms with Crippen molar-refractivity contribution in [3.63, 3.8) is 0 Å². The van der Waals surface area contributed by atoms with E-state index in [0.717, 1.165) is 13.1 Å². The van der Waals surface area contributed by atoms with Crippen LogP contribution in [0.3, 0.4) is 0 Å². The van der Waals surface area contributed by atoms with Gasteiger partial charge in [-0.1, -0.05) is 0 Å². The molecule has 72 valence electrons. The normalized spacial score (nSPS) is 27.8. The Morgan fingerprint density at radius 3 is 3.00 bits per heavy atom. The van der Waals surface area contributed by atoms with Gasteiger partial charge in [-0.05, 0) is 26.3 Å². The van der Waals surface area contributed by atoms with Crippen molar-refractivity contribution >= 4 is 0 Å². The lowest BCUT2D eigenvalue weighted by Gasteiger charge is -2.25. The molecule has 1 heterocycles. The van der Waals surface area contributed by atoms with Gasteiger partial charge in [-0.15, -0.1) is 0 Å². The van der Waals surface area contributed by atoms with Gasteiger partial charge in [-0.2, -0.15) is 0 Å². The van der Waals surface area contributed by atoms with E-state index in [-0.39, 0.29) is 0 Å². The van der Waals surface area contributed by atoms with Crippen LogP contribution in [0.1, 0.15) is 19.8 Å². The summed E-state index contributed by atoms with van der Waals surface area (Å²) in [6.45, 7) is 5.11. The van der Waals surface area contributed by atoms with Crippen molar-refractivity contribution in [3.05, 3.63) is 0 Å². The molecule has 0 saturated carbocycles. The van der Waals surface area contributed by atoms with E-state index < -0.39 is 0 Å². The first-order valence-corrected chi connectivity index (χ1v) is 4.74. The smallest absolute Gasteiger partial charge is 0.0670 e. The van der Waals surface area contributed by atoms with Crippen molar-refractivity contribution in [2.45, 2.75) is 31.9 Å². The van der Waals surface area contributed by atoms with Gasteiger partial charge in [-0.3, -0.25) is 4.90 Å². The number of likely N-dealkylation sites (tertiary alicyclic amines) is 1. The third-order valence-corrected chi connectivity index (χ3v) is 2.67. The van der Waals surface area contributed by atoms with Gasteiger partial charge in [0.2, 0.25) is 0 Å². The Kier molecular flexibility index (Phi) is 3.98. The fourth-order valence-corrected chi connectivity index (χ4v) is 1.81. The first-order valence-electron chi connectivity index (χ1n) is 4.74. The molecule has 3 nitrogen and oxygen atoms in total. The maximum absolute atomic E-state index is 5.66. The van der Waals surface area contributed by atoms with E-state index in [9.17, 15) is 0 Å². The van der Waals surface area contributed by atoms with Crippen molar-refractivity contribution in [2.75, 3.05) is 26.7 Å².